The molecule has 16 heteroatoms. The molecule has 0 spiro atoms. The molecule has 1 aromatic carbocycles. The largest absolute Gasteiger partial charge is 0.480 e. The highest BCUT2D eigenvalue weighted by Gasteiger charge is 2.56. The van der Waals surface area contributed by atoms with Gasteiger partial charge < -0.3 is 43.9 Å². The Morgan fingerprint density at radius 3 is 2.34 bits per heavy atom. The van der Waals surface area contributed by atoms with Crippen molar-refractivity contribution in [3.63, 3.8) is 0 Å². The molecule has 0 aromatic heterocycles. The lowest BCUT2D eigenvalue weighted by Crippen LogP contribution is -2.64. The smallest absolute Gasteiger partial charge is 0.329 e. The zero-order valence-electron chi connectivity index (χ0n) is 42.7. The van der Waals surface area contributed by atoms with Gasteiger partial charge in [-0.1, -0.05) is 81.8 Å². The predicted molar refractivity (Wildman–Crippen MR) is 263 cm³/mol. The van der Waals surface area contributed by atoms with Gasteiger partial charge in [0.25, 0.3) is 11.7 Å². The summed E-state index contributed by atoms with van der Waals surface area (Å²) in [5.74, 6) is -8.89. The first-order valence-electron chi connectivity index (χ1n) is 25.4. The Morgan fingerprint density at radius 2 is 1.69 bits per heavy atom. The molecule has 3 heterocycles. The summed E-state index contributed by atoms with van der Waals surface area (Å²) >= 11 is 0. The van der Waals surface area contributed by atoms with Gasteiger partial charge in [0.1, 0.15) is 30.1 Å². The number of nitrogens with zero attached hydrogens (tertiary/aromatic N) is 1. The quantitative estimate of drug-likeness (QED) is 0.0642. The third kappa shape index (κ3) is 14.5. The molecule has 15 atom stereocenters. The second kappa shape index (κ2) is 26.5. The van der Waals surface area contributed by atoms with Crippen LogP contribution in [0.15, 0.2) is 66.3 Å². The Morgan fingerprint density at radius 1 is 0.986 bits per heavy atom. The maximum absolute atomic E-state index is 14.6. The second-order valence-corrected chi connectivity index (χ2v) is 20.5. The highest BCUT2D eigenvalue weighted by molar-refractivity contribution is 6.39. The maximum atomic E-state index is 14.6. The number of benzene rings is 1. The number of amides is 1. The molecule has 4 aliphatic rings. The first-order valence-corrected chi connectivity index (χ1v) is 25.4. The molecule has 5 N–H and O–H groups in total. The van der Waals surface area contributed by atoms with Gasteiger partial charge in [0.05, 0.1) is 31.0 Å². The van der Waals surface area contributed by atoms with E-state index in [-0.39, 0.29) is 68.6 Å². The third-order valence-electron chi connectivity index (χ3n) is 15.1. The molecule has 2 saturated heterocycles. The average molecular weight is 980 g/mol. The number of fused-ring (bicyclic) bond motifs is 3. The van der Waals surface area contributed by atoms with E-state index in [4.69, 9.17) is 23.7 Å². The first-order chi connectivity index (χ1) is 33.3. The van der Waals surface area contributed by atoms with Gasteiger partial charge in [-0.2, -0.15) is 0 Å². The number of carbonyl (C=O) groups excluding carboxylic acids is 4. The lowest BCUT2D eigenvalue weighted by molar-refractivity contribution is -0.302. The molecule has 1 aliphatic carbocycles. The summed E-state index contributed by atoms with van der Waals surface area (Å²) in [5, 5.41) is 34.1. The van der Waals surface area contributed by atoms with E-state index in [1.165, 1.54) is 19.1 Å². The number of aliphatic carboxylic acids is 1. The van der Waals surface area contributed by atoms with Gasteiger partial charge in [-0.05, 0) is 107 Å². The number of methoxy groups -OCH3 is 2. The first kappa shape index (κ1) is 56.8. The summed E-state index contributed by atoms with van der Waals surface area (Å²) in [5.41, 5.74) is 8.76. The van der Waals surface area contributed by atoms with Crippen LogP contribution < -0.4 is 10.9 Å². The minimum atomic E-state index is -2.54. The summed E-state index contributed by atoms with van der Waals surface area (Å²) in [7, 11) is 3.05. The fourth-order valence-corrected chi connectivity index (χ4v) is 11.0. The number of aliphatic hydroxyl groups excluding tert-OH is 1. The summed E-state index contributed by atoms with van der Waals surface area (Å²) in [4.78, 5) is 70.9. The van der Waals surface area contributed by atoms with Gasteiger partial charge in [-0.15, -0.1) is 6.58 Å². The third-order valence-corrected chi connectivity index (χ3v) is 15.1. The van der Waals surface area contributed by atoms with Gasteiger partial charge in [0, 0.05) is 51.0 Å². The van der Waals surface area contributed by atoms with Crippen LogP contribution in [0.4, 0.5) is 0 Å². The minimum absolute atomic E-state index is 0.00762. The zero-order chi connectivity index (χ0) is 51.3. The number of Topliss-reactive ketones (excluding diaryl/α,β-unsaturated/α-hetero) is 2. The number of carbonyl (C=O) groups is 5. The molecule has 1 amide bonds. The molecule has 390 valence electrons. The molecule has 3 aliphatic heterocycles. The topological polar surface area (TPSA) is 219 Å². The van der Waals surface area contributed by atoms with E-state index < -0.39 is 89.8 Å². The van der Waals surface area contributed by atoms with E-state index in [9.17, 15) is 39.3 Å². The Labute approximate surface area is 414 Å². The lowest BCUT2D eigenvalue weighted by atomic mass is 9.81. The molecule has 0 radical (unpaired) electrons. The monoisotopic (exact) mass is 980 g/mol. The highest BCUT2D eigenvalue weighted by Crippen LogP contribution is 2.39. The summed E-state index contributed by atoms with van der Waals surface area (Å²) in [6, 6.07) is 7.05. The van der Waals surface area contributed by atoms with Gasteiger partial charge in [0.2, 0.25) is 5.79 Å². The minimum Gasteiger partial charge on any atom is -0.480 e. The number of piperidine rings is 1. The van der Waals surface area contributed by atoms with E-state index in [1.54, 1.807) is 19.9 Å². The summed E-state index contributed by atoms with van der Waals surface area (Å²) in [6.45, 7) is 15.3. The van der Waals surface area contributed by atoms with Crippen LogP contribution in [0.3, 0.4) is 0 Å². The number of carboxylic acid groups (broad SMARTS) is 1. The molecule has 2 bridgehead atoms. The van der Waals surface area contributed by atoms with E-state index in [0.717, 1.165) is 11.1 Å². The van der Waals surface area contributed by atoms with Crippen molar-refractivity contribution in [2.75, 3.05) is 27.4 Å². The number of esters is 1. The Kier molecular flexibility index (Phi) is 21.5. The van der Waals surface area contributed by atoms with E-state index in [0.29, 0.717) is 56.9 Å². The van der Waals surface area contributed by atoms with E-state index in [1.807, 2.05) is 70.2 Å². The summed E-state index contributed by atoms with van der Waals surface area (Å²) in [6.07, 6.45) is 5.78. The molecule has 1 aromatic rings. The fraction of sp³-hybridized carbons (Fsp3) is 0.685. The van der Waals surface area contributed by atoms with Crippen LogP contribution >= 0.6 is 0 Å². The van der Waals surface area contributed by atoms with Gasteiger partial charge >= 0.3 is 11.9 Å². The van der Waals surface area contributed by atoms with E-state index >= 15 is 0 Å². The molecular weight excluding hydrogens is 899 g/mol. The van der Waals surface area contributed by atoms with Crippen LogP contribution in [0, 0.1) is 29.6 Å². The number of ether oxygens (including phenoxy) is 5. The van der Waals surface area contributed by atoms with Gasteiger partial charge in [-0.25, -0.2) is 10.2 Å². The van der Waals surface area contributed by atoms with Gasteiger partial charge in [0.15, 0.2) is 0 Å². The number of nitrogens with one attached hydrogen (secondary N) is 2. The average Bonchev–Trinajstić information content (AvgIpc) is 3.34. The van der Waals surface area contributed by atoms with Crippen molar-refractivity contribution in [2.45, 2.75) is 179 Å². The Hall–Kier alpha value is -4.13. The van der Waals surface area contributed by atoms with Gasteiger partial charge in [-0.3, -0.25) is 24.6 Å². The SMILES string of the molecule is C=CCOC1CC(C=C(C)C2OC(=O)C3CCCCN3C(=O)C(=O)C3(O)OC(C(OC)CC(C)C/C(C)=C/C(CC)C(=O)CC(O)C2C)C(OC)CC3C)CCC1NN[C@@H](Cc1ccccc1)C(=O)O. The van der Waals surface area contributed by atoms with Crippen LogP contribution in [0.5, 0.6) is 0 Å². The molecule has 3 fully saturated rings. The number of hydrogen-bond donors (Lipinski definition) is 5. The molecule has 1 saturated carbocycles. The van der Waals surface area contributed by atoms with E-state index in [2.05, 4.69) is 17.4 Å². The Bertz CT molecular complexity index is 1990. The predicted octanol–water partition coefficient (Wildman–Crippen LogP) is 5.83. The van der Waals surface area contributed by atoms with Crippen molar-refractivity contribution in [1.82, 2.24) is 15.8 Å². The number of carboxylic acids is 1. The van der Waals surface area contributed by atoms with Crippen LogP contribution in [-0.4, -0.2) is 138 Å². The van der Waals surface area contributed by atoms with Crippen molar-refractivity contribution >= 4 is 29.4 Å². The number of cyclic esters (lactones) is 1. The summed E-state index contributed by atoms with van der Waals surface area (Å²) < 4.78 is 30.7. The lowest BCUT2D eigenvalue weighted by Gasteiger charge is -2.47. The van der Waals surface area contributed by atoms with Crippen LogP contribution in [-0.2, 0) is 54.1 Å². The molecule has 16 nitrogen and oxygen atoms in total. The molecule has 70 heavy (non-hydrogen) atoms. The molecular formula is C54H81N3O13. The normalized spacial score (nSPS) is 35.9. The Balaban J connectivity index is 1.46. The second-order valence-electron chi connectivity index (χ2n) is 20.5. The number of hydrazine groups is 1. The number of ketones is 2. The standard InChI is InChI=1S/C54H81N3O13/c1-10-23-68-45-30-38(20-21-40(45)55-56-41(52(62)63)29-37-17-13-12-14-18-37)27-34(5)48-36(7)43(58)31-44(59)39(11-2)25-32(3)24-33(4)26-46(66-8)49-47(67-9)28-35(6)54(65,70-49)50(60)51(61)57-22-16-15-19-42(57)53(64)69-48/h10,12-14,17-18,25,27,33,35-36,38-43,45-49,55-56,58,65H,1,11,15-16,19-24,26,28-31H2,2-9H3,(H,62,63)/b32-25+,34-27?/t33?,35?,36?,38?,39?,40?,41-,42?,43?,45?,46?,47?,48?,49?,54?/m0/s1. The number of rotatable bonds is 14. The van der Waals surface area contributed by atoms with Crippen molar-refractivity contribution in [1.29, 1.82) is 0 Å². The zero-order valence-corrected chi connectivity index (χ0v) is 42.7. The van der Waals surface area contributed by atoms with Crippen LogP contribution in [0.25, 0.3) is 0 Å². The number of aliphatic hydroxyl groups is 2. The van der Waals surface area contributed by atoms with Crippen molar-refractivity contribution in [2.24, 2.45) is 29.6 Å². The van der Waals surface area contributed by atoms with Crippen LogP contribution in [0.2, 0.25) is 0 Å². The number of allylic oxidation sites excluding steroid dienone is 3. The van der Waals surface area contributed by atoms with Crippen molar-refractivity contribution < 1.29 is 63.0 Å². The molecule has 5 rings (SSSR count). The highest BCUT2D eigenvalue weighted by atomic mass is 16.7. The maximum Gasteiger partial charge on any atom is 0.329 e. The fourth-order valence-electron chi connectivity index (χ4n) is 11.0. The number of hydrogen-bond acceptors (Lipinski definition) is 14. The molecule has 14 unspecified atom stereocenters. The van der Waals surface area contributed by atoms with Crippen molar-refractivity contribution in [3.8, 4) is 0 Å². The van der Waals surface area contributed by atoms with Crippen LogP contribution in [0.1, 0.15) is 118 Å². The van der Waals surface area contributed by atoms with Crippen molar-refractivity contribution in [3.05, 3.63) is 71.8 Å².